The molecule has 0 aliphatic heterocycles. The van der Waals surface area contributed by atoms with Gasteiger partial charge in [0.2, 0.25) is 0 Å². The van der Waals surface area contributed by atoms with Crippen LogP contribution in [-0.4, -0.2) is 16.8 Å². The van der Waals surface area contributed by atoms with E-state index in [1.165, 1.54) is 37.0 Å². The molecule has 0 spiro atoms. The smallest absolute Gasteiger partial charge is 0.0992 e. The predicted octanol–water partition coefficient (Wildman–Crippen LogP) is 4.87. The van der Waals surface area contributed by atoms with Gasteiger partial charge in [-0.1, -0.05) is 36.0 Å². The molecule has 1 N–H and O–H groups in total. The highest BCUT2D eigenvalue weighted by Crippen LogP contribution is 2.36. The van der Waals surface area contributed by atoms with Crippen LogP contribution >= 0.6 is 34.5 Å². The van der Waals surface area contributed by atoms with Crippen molar-refractivity contribution in [1.29, 1.82) is 0 Å². The topological polar surface area (TPSA) is 29.9 Å². The summed E-state index contributed by atoms with van der Waals surface area (Å²) in [5.74, 6) is 0. The molecule has 2 aromatic heterocycles. The summed E-state index contributed by atoms with van der Waals surface area (Å²) in [7, 11) is 1.94. The molecule has 1 fully saturated rings. The third-order valence-corrected chi connectivity index (χ3v) is 5.70. The van der Waals surface area contributed by atoms with E-state index in [-0.39, 0.29) is 6.04 Å². The minimum absolute atomic E-state index is 0.146. The molecule has 6 heteroatoms. The van der Waals surface area contributed by atoms with Gasteiger partial charge in [0.05, 0.1) is 20.4 Å². The lowest BCUT2D eigenvalue weighted by atomic mass is 10.1. The predicted molar refractivity (Wildman–Crippen MR) is 89.6 cm³/mol. The summed E-state index contributed by atoms with van der Waals surface area (Å²) in [6.45, 7) is 0. The monoisotopic (exact) mass is 343 g/mol. The summed E-state index contributed by atoms with van der Waals surface area (Å²) >= 11 is 13.7. The van der Waals surface area contributed by atoms with E-state index in [2.05, 4.69) is 22.3 Å². The zero-order chi connectivity index (χ0) is 14.8. The highest BCUT2D eigenvalue weighted by molar-refractivity contribution is 7.20. The van der Waals surface area contributed by atoms with E-state index in [9.17, 15) is 0 Å². The van der Waals surface area contributed by atoms with Gasteiger partial charge >= 0.3 is 0 Å². The quantitative estimate of drug-likeness (QED) is 0.839. The number of likely N-dealkylation sites (N-methyl/N-ethyl adjacent to an activating group) is 1. The second kappa shape index (κ2) is 6.69. The fourth-order valence-electron chi connectivity index (χ4n) is 3.03. The minimum atomic E-state index is 0.146. The highest BCUT2D eigenvalue weighted by atomic mass is 35.5. The number of nitrogens with one attached hydrogen (secondary N) is 1. The van der Waals surface area contributed by atoms with E-state index in [4.69, 9.17) is 28.3 Å². The average molecular weight is 344 g/mol. The Labute approximate surface area is 139 Å². The van der Waals surface area contributed by atoms with Crippen molar-refractivity contribution in [3.05, 3.63) is 38.3 Å². The first-order chi connectivity index (χ1) is 10.2. The molecule has 0 amide bonds. The van der Waals surface area contributed by atoms with Crippen molar-refractivity contribution in [2.75, 3.05) is 7.05 Å². The van der Waals surface area contributed by atoms with Crippen molar-refractivity contribution >= 4 is 34.5 Å². The average Bonchev–Trinajstić information content (AvgIpc) is 3.16. The second-order valence-corrected chi connectivity index (χ2v) is 7.84. The van der Waals surface area contributed by atoms with E-state index in [0.717, 1.165) is 26.4 Å². The summed E-state index contributed by atoms with van der Waals surface area (Å²) in [5, 5.41) is 8.06. The zero-order valence-electron chi connectivity index (χ0n) is 12.0. The number of hydrogen-bond acceptors (Lipinski definition) is 3. The van der Waals surface area contributed by atoms with Gasteiger partial charge in [0.25, 0.3) is 0 Å². The Hall–Kier alpha value is -0.550. The maximum atomic E-state index is 6.26. The van der Waals surface area contributed by atoms with E-state index >= 15 is 0 Å². The molecule has 1 aliphatic rings. The normalized spacial score (nSPS) is 17.5. The molecule has 0 radical (unpaired) electrons. The maximum absolute atomic E-state index is 6.26. The van der Waals surface area contributed by atoms with Crippen LogP contribution in [0.5, 0.6) is 0 Å². The van der Waals surface area contributed by atoms with Gasteiger partial charge in [-0.3, -0.25) is 4.68 Å². The van der Waals surface area contributed by atoms with Gasteiger partial charge in [-0.2, -0.15) is 5.10 Å². The number of halogens is 2. The van der Waals surface area contributed by atoms with Crippen LogP contribution in [0.4, 0.5) is 0 Å². The zero-order valence-corrected chi connectivity index (χ0v) is 14.3. The first-order valence-electron chi connectivity index (χ1n) is 7.33. The van der Waals surface area contributed by atoms with E-state index in [0.29, 0.717) is 6.04 Å². The Morgan fingerprint density at radius 3 is 2.81 bits per heavy atom. The van der Waals surface area contributed by atoms with Crippen LogP contribution in [0.15, 0.2) is 18.3 Å². The summed E-state index contributed by atoms with van der Waals surface area (Å²) in [6, 6.07) is 4.80. The molecule has 1 saturated carbocycles. The molecule has 3 rings (SSSR count). The first-order valence-corrected chi connectivity index (χ1v) is 8.90. The van der Waals surface area contributed by atoms with Crippen LogP contribution in [0.25, 0.3) is 0 Å². The van der Waals surface area contributed by atoms with Gasteiger partial charge in [0.15, 0.2) is 0 Å². The molecule has 3 nitrogen and oxygen atoms in total. The van der Waals surface area contributed by atoms with E-state index < -0.39 is 0 Å². The Kier molecular flexibility index (Phi) is 4.89. The highest BCUT2D eigenvalue weighted by Gasteiger charge is 2.20. The Morgan fingerprint density at radius 1 is 1.43 bits per heavy atom. The third kappa shape index (κ3) is 3.45. The summed E-state index contributed by atoms with van der Waals surface area (Å²) < 4.78 is 3.62. The van der Waals surface area contributed by atoms with Crippen LogP contribution < -0.4 is 5.32 Å². The Morgan fingerprint density at radius 2 is 2.19 bits per heavy atom. The van der Waals surface area contributed by atoms with Crippen LogP contribution in [0.3, 0.4) is 0 Å². The largest absolute Gasteiger partial charge is 0.313 e. The molecule has 0 aromatic carbocycles. The molecule has 1 atom stereocenters. The summed E-state index contributed by atoms with van der Waals surface area (Å²) in [6.07, 6.45) is 8.08. The van der Waals surface area contributed by atoms with Crippen molar-refractivity contribution in [3.8, 4) is 0 Å². The molecule has 0 saturated heterocycles. The lowest BCUT2D eigenvalue weighted by molar-refractivity contribution is 0.459. The number of aromatic nitrogens is 2. The summed E-state index contributed by atoms with van der Waals surface area (Å²) in [5.41, 5.74) is 2.16. The number of thiophene rings is 1. The molecular formula is C15H19Cl2N3S. The van der Waals surface area contributed by atoms with Crippen molar-refractivity contribution in [2.45, 2.75) is 44.2 Å². The van der Waals surface area contributed by atoms with Crippen LogP contribution in [0.1, 0.15) is 49.0 Å². The van der Waals surface area contributed by atoms with Crippen molar-refractivity contribution in [3.63, 3.8) is 0 Å². The number of hydrogen-bond donors (Lipinski definition) is 1. The van der Waals surface area contributed by atoms with Crippen LogP contribution in [0, 0.1) is 0 Å². The first kappa shape index (κ1) is 15.3. The molecule has 114 valence electrons. The maximum Gasteiger partial charge on any atom is 0.0992 e. The van der Waals surface area contributed by atoms with Gasteiger partial charge in [-0.15, -0.1) is 11.3 Å². The standard InChI is InChI=1S/C15H19Cl2N3S/c1-18-13(12-9-14(16)21-15(12)17)8-10-6-7-20(19-10)11-4-2-3-5-11/h6-7,9,11,13,18H,2-5,8H2,1H3. The van der Waals surface area contributed by atoms with Gasteiger partial charge in [0, 0.05) is 24.2 Å². The van der Waals surface area contributed by atoms with Crippen molar-refractivity contribution in [2.24, 2.45) is 0 Å². The Bertz CT molecular complexity index is 602. The van der Waals surface area contributed by atoms with Crippen molar-refractivity contribution < 1.29 is 0 Å². The van der Waals surface area contributed by atoms with Gasteiger partial charge < -0.3 is 5.32 Å². The van der Waals surface area contributed by atoms with Crippen LogP contribution in [0.2, 0.25) is 8.67 Å². The number of nitrogens with zero attached hydrogens (tertiary/aromatic N) is 2. The van der Waals surface area contributed by atoms with E-state index in [1.54, 1.807) is 0 Å². The summed E-state index contributed by atoms with van der Waals surface area (Å²) in [4.78, 5) is 0. The number of rotatable bonds is 5. The molecule has 2 heterocycles. The second-order valence-electron chi connectivity index (χ2n) is 5.55. The van der Waals surface area contributed by atoms with Gasteiger partial charge in [0.1, 0.15) is 0 Å². The lowest BCUT2D eigenvalue weighted by Gasteiger charge is -2.14. The van der Waals surface area contributed by atoms with Gasteiger partial charge in [-0.05, 0) is 32.0 Å². The molecule has 1 aliphatic carbocycles. The van der Waals surface area contributed by atoms with Crippen molar-refractivity contribution in [1.82, 2.24) is 15.1 Å². The van der Waals surface area contributed by atoms with Gasteiger partial charge in [-0.25, -0.2) is 0 Å². The fraction of sp³-hybridized carbons (Fsp3) is 0.533. The van der Waals surface area contributed by atoms with Crippen LogP contribution in [-0.2, 0) is 6.42 Å². The molecule has 0 bridgehead atoms. The minimum Gasteiger partial charge on any atom is -0.313 e. The molecule has 1 unspecified atom stereocenters. The Balaban J connectivity index is 1.73. The third-order valence-electron chi connectivity index (χ3n) is 4.18. The molecular weight excluding hydrogens is 325 g/mol. The molecule has 2 aromatic rings. The SMILES string of the molecule is CNC(Cc1ccn(C2CCCC2)n1)c1cc(Cl)sc1Cl. The van der Waals surface area contributed by atoms with E-state index in [1.807, 2.05) is 13.1 Å². The fourth-order valence-corrected chi connectivity index (χ4v) is 4.60. The lowest BCUT2D eigenvalue weighted by Crippen LogP contribution is -2.19. The molecule has 21 heavy (non-hydrogen) atoms.